The number of nitrogens with one attached hydrogen (secondary N) is 2. The number of benzene rings is 1. The number of nitrogens with zero attached hydrogens (tertiary/aromatic N) is 2. The Morgan fingerprint density at radius 3 is 2.57 bits per heavy atom. The van der Waals surface area contributed by atoms with E-state index < -0.39 is 0 Å². The smallest absolute Gasteiger partial charge is 0.191 e. The van der Waals surface area contributed by atoms with Crippen molar-refractivity contribution >= 4 is 52.9 Å². The van der Waals surface area contributed by atoms with Crippen LogP contribution < -0.4 is 20.1 Å². The summed E-state index contributed by atoms with van der Waals surface area (Å²) in [6, 6.07) is 3.76. The van der Waals surface area contributed by atoms with E-state index in [2.05, 4.69) is 27.5 Å². The summed E-state index contributed by atoms with van der Waals surface area (Å²) in [5.74, 6) is 1.90. The minimum absolute atomic E-state index is 0. The lowest BCUT2D eigenvalue weighted by Gasteiger charge is -2.13. The predicted octanol–water partition coefficient (Wildman–Crippen LogP) is 4.69. The lowest BCUT2D eigenvalue weighted by atomic mass is 10.2. The molecule has 156 valence electrons. The number of aryl methyl sites for hydroxylation is 2. The van der Waals surface area contributed by atoms with Crippen molar-refractivity contribution in [3.63, 3.8) is 0 Å². The molecule has 2 aromatic rings. The summed E-state index contributed by atoms with van der Waals surface area (Å²) >= 11 is 8.03. The van der Waals surface area contributed by atoms with Crippen LogP contribution in [0.1, 0.15) is 35.0 Å². The van der Waals surface area contributed by atoms with Crippen LogP contribution in [0.4, 0.5) is 0 Å². The molecule has 0 spiro atoms. The molecule has 0 aliphatic rings. The van der Waals surface area contributed by atoms with Crippen LogP contribution in [0, 0.1) is 13.8 Å². The Labute approximate surface area is 193 Å². The third-order valence-corrected chi connectivity index (χ3v) is 5.18. The van der Waals surface area contributed by atoms with E-state index in [4.69, 9.17) is 21.1 Å². The van der Waals surface area contributed by atoms with Crippen LogP contribution in [0.25, 0.3) is 0 Å². The van der Waals surface area contributed by atoms with Crippen molar-refractivity contribution in [2.45, 2.75) is 40.8 Å². The normalized spacial score (nSPS) is 11.0. The van der Waals surface area contributed by atoms with Crippen molar-refractivity contribution in [2.24, 2.45) is 4.99 Å². The number of halogens is 2. The number of aliphatic imine (C=N–C) groups is 1. The summed E-state index contributed by atoms with van der Waals surface area (Å²) in [7, 11) is 1.60. The van der Waals surface area contributed by atoms with E-state index in [9.17, 15) is 0 Å². The number of hydrogen-bond acceptors (Lipinski definition) is 5. The average Bonchev–Trinajstić information content (AvgIpc) is 2.97. The van der Waals surface area contributed by atoms with Gasteiger partial charge in [0.15, 0.2) is 17.5 Å². The van der Waals surface area contributed by atoms with Gasteiger partial charge >= 0.3 is 0 Å². The van der Waals surface area contributed by atoms with Gasteiger partial charge in [-0.3, -0.25) is 0 Å². The topological polar surface area (TPSA) is 67.8 Å². The van der Waals surface area contributed by atoms with Gasteiger partial charge in [0, 0.05) is 11.4 Å². The fourth-order valence-corrected chi connectivity index (χ4v) is 3.60. The Hall–Kier alpha value is -1.26. The molecule has 0 amide bonds. The molecule has 2 N–H and O–H groups in total. The van der Waals surface area contributed by atoms with E-state index in [0.29, 0.717) is 36.2 Å². The third-order valence-electron chi connectivity index (χ3n) is 3.82. The van der Waals surface area contributed by atoms with E-state index >= 15 is 0 Å². The second kappa shape index (κ2) is 12.3. The van der Waals surface area contributed by atoms with Crippen LogP contribution in [0.5, 0.6) is 11.5 Å². The summed E-state index contributed by atoms with van der Waals surface area (Å²) < 4.78 is 11.0. The van der Waals surface area contributed by atoms with Gasteiger partial charge < -0.3 is 20.1 Å². The van der Waals surface area contributed by atoms with Crippen LogP contribution in [-0.4, -0.2) is 31.2 Å². The molecule has 6 nitrogen and oxygen atoms in total. The van der Waals surface area contributed by atoms with Gasteiger partial charge in [-0.05, 0) is 45.4 Å². The number of hydrogen-bond donors (Lipinski definition) is 2. The Morgan fingerprint density at radius 2 is 2.00 bits per heavy atom. The van der Waals surface area contributed by atoms with Gasteiger partial charge in [-0.2, -0.15) is 0 Å². The molecule has 2 rings (SSSR count). The van der Waals surface area contributed by atoms with Gasteiger partial charge in [-0.1, -0.05) is 11.6 Å². The first kappa shape index (κ1) is 24.8. The summed E-state index contributed by atoms with van der Waals surface area (Å²) in [6.45, 7) is 10.5. The van der Waals surface area contributed by atoms with Gasteiger partial charge in [0.05, 0.1) is 37.5 Å². The van der Waals surface area contributed by atoms with Gasteiger partial charge in [-0.15, -0.1) is 35.3 Å². The molecule has 0 saturated carbocycles. The van der Waals surface area contributed by atoms with Crippen molar-refractivity contribution in [2.75, 3.05) is 20.3 Å². The number of guanidine groups is 1. The van der Waals surface area contributed by atoms with Gasteiger partial charge in [0.25, 0.3) is 0 Å². The maximum Gasteiger partial charge on any atom is 0.191 e. The zero-order valence-electron chi connectivity index (χ0n) is 16.9. The molecule has 0 aliphatic heterocycles. The highest BCUT2D eigenvalue weighted by atomic mass is 127. The van der Waals surface area contributed by atoms with E-state index in [1.165, 1.54) is 4.88 Å². The van der Waals surface area contributed by atoms with Crippen molar-refractivity contribution in [3.8, 4) is 11.5 Å². The molecule has 0 saturated heterocycles. The molecule has 28 heavy (non-hydrogen) atoms. The molecule has 0 fully saturated rings. The van der Waals surface area contributed by atoms with Crippen LogP contribution >= 0.6 is 46.9 Å². The summed E-state index contributed by atoms with van der Waals surface area (Å²) in [5.41, 5.74) is 2.02. The lowest BCUT2D eigenvalue weighted by molar-refractivity contribution is 0.311. The van der Waals surface area contributed by atoms with Crippen molar-refractivity contribution in [1.29, 1.82) is 0 Å². The Kier molecular flexibility index (Phi) is 10.9. The third kappa shape index (κ3) is 6.97. The summed E-state index contributed by atoms with van der Waals surface area (Å²) in [5, 5.41) is 8.13. The van der Waals surface area contributed by atoms with Gasteiger partial charge in [-0.25, -0.2) is 9.98 Å². The largest absolute Gasteiger partial charge is 0.493 e. The minimum atomic E-state index is 0. The van der Waals surface area contributed by atoms with E-state index in [1.54, 1.807) is 18.4 Å². The van der Waals surface area contributed by atoms with Crippen LogP contribution in [0.3, 0.4) is 0 Å². The fraction of sp³-hybridized carbons (Fsp3) is 0.474. The highest BCUT2D eigenvalue weighted by Crippen LogP contribution is 2.36. The highest BCUT2D eigenvalue weighted by Gasteiger charge is 2.12. The molecule has 1 aromatic carbocycles. The summed E-state index contributed by atoms with van der Waals surface area (Å²) in [4.78, 5) is 10.4. The van der Waals surface area contributed by atoms with Crippen molar-refractivity contribution in [3.05, 3.63) is 38.3 Å². The van der Waals surface area contributed by atoms with E-state index in [1.807, 2.05) is 32.9 Å². The van der Waals surface area contributed by atoms with Crippen LogP contribution in [0.2, 0.25) is 5.02 Å². The van der Waals surface area contributed by atoms with Gasteiger partial charge in [0.1, 0.15) is 5.01 Å². The molecular weight excluding hydrogens is 511 g/mol. The first-order chi connectivity index (χ1) is 13.0. The van der Waals surface area contributed by atoms with E-state index in [0.717, 1.165) is 28.8 Å². The molecule has 1 aromatic heterocycles. The molecular formula is C19H28ClIN4O2S. The van der Waals surface area contributed by atoms with E-state index in [-0.39, 0.29) is 24.0 Å². The quantitative estimate of drug-likeness (QED) is 0.290. The zero-order valence-corrected chi connectivity index (χ0v) is 20.8. The molecule has 0 radical (unpaired) electrons. The second-order valence-corrected chi connectivity index (χ2v) is 7.53. The molecule has 0 unspecified atom stereocenters. The monoisotopic (exact) mass is 538 g/mol. The molecule has 0 atom stereocenters. The minimum Gasteiger partial charge on any atom is -0.493 e. The van der Waals surface area contributed by atoms with Crippen LogP contribution in [0.15, 0.2) is 17.1 Å². The number of ether oxygens (including phenoxy) is 2. The predicted molar refractivity (Wildman–Crippen MR) is 128 cm³/mol. The molecule has 9 heteroatoms. The maximum absolute atomic E-state index is 6.34. The highest BCUT2D eigenvalue weighted by molar-refractivity contribution is 14.0. The molecule has 0 aliphatic carbocycles. The fourth-order valence-electron chi connectivity index (χ4n) is 2.44. The lowest BCUT2D eigenvalue weighted by Crippen LogP contribution is -2.36. The number of methoxy groups -OCH3 is 1. The number of rotatable bonds is 8. The second-order valence-electron chi connectivity index (χ2n) is 5.84. The Morgan fingerprint density at radius 1 is 1.25 bits per heavy atom. The first-order valence-electron chi connectivity index (χ1n) is 8.92. The van der Waals surface area contributed by atoms with Crippen molar-refractivity contribution < 1.29 is 9.47 Å². The standard InChI is InChI=1S/C19H27ClN4O2S.HI/c1-6-21-19(23-11-17-24-12(3)13(4)27-17)22-10-14-8-15(20)18(26-7-2)16(9-14)25-5;/h8-9H,6-7,10-11H2,1-5H3,(H2,21,22,23);1H. The van der Waals surface area contributed by atoms with Crippen LogP contribution in [-0.2, 0) is 13.1 Å². The maximum atomic E-state index is 6.34. The van der Waals surface area contributed by atoms with Gasteiger partial charge in [0.2, 0.25) is 0 Å². The summed E-state index contributed by atoms with van der Waals surface area (Å²) in [6.07, 6.45) is 0. The number of thiazole rings is 1. The SMILES string of the molecule is CCNC(=NCc1cc(Cl)c(OCC)c(OC)c1)NCc1nc(C)c(C)s1.I. The zero-order chi connectivity index (χ0) is 19.8. The Bertz CT molecular complexity index is 779. The Balaban J connectivity index is 0.00000392. The first-order valence-corrected chi connectivity index (χ1v) is 10.1. The number of aromatic nitrogens is 1. The average molecular weight is 539 g/mol. The van der Waals surface area contributed by atoms with Crippen molar-refractivity contribution in [1.82, 2.24) is 15.6 Å². The molecule has 1 heterocycles. The molecule has 0 bridgehead atoms.